The summed E-state index contributed by atoms with van der Waals surface area (Å²) in [4.78, 5) is 0. The molecule has 5 heteroatoms. The Bertz CT molecular complexity index is 175. The standard InChI is InChI=1S/C5H10ClO3S/c1-2-5(6)3-4-10(7,8)9/h5H,2-4H2,1H3. The average Bonchev–Trinajstić information content (AvgIpc) is 1.81. The highest BCUT2D eigenvalue weighted by molar-refractivity contribution is 7.85. The summed E-state index contributed by atoms with van der Waals surface area (Å²) in [6, 6.07) is 0. The van der Waals surface area contributed by atoms with Gasteiger partial charge in [0, 0.05) is 5.38 Å². The fourth-order valence-electron chi connectivity index (χ4n) is 0.476. The van der Waals surface area contributed by atoms with Crippen molar-refractivity contribution in [3.63, 3.8) is 0 Å². The first-order valence-corrected chi connectivity index (χ1v) is 5.04. The molecule has 0 aliphatic heterocycles. The van der Waals surface area contributed by atoms with Gasteiger partial charge in [-0.15, -0.1) is 11.6 Å². The average molecular weight is 186 g/mol. The third kappa shape index (κ3) is 6.32. The first kappa shape index (κ1) is 10.2. The predicted octanol–water partition coefficient (Wildman–Crippen LogP) is 1.15. The largest absolute Gasteiger partial charge is 0.294 e. The summed E-state index contributed by atoms with van der Waals surface area (Å²) >= 11 is 5.57. The lowest BCUT2D eigenvalue weighted by Gasteiger charge is -2.01. The third-order valence-electron chi connectivity index (χ3n) is 1.12. The van der Waals surface area contributed by atoms with E-state index in [1.54, 1.807) is 0 Å². The number of rotatable bonds is 4. The Hall–Kier alpha value is 0.200. The van der Waals surface area contributed by atoms with Gasteiger partial charge in [-0.05, 0) is 12.8 Å². The lowest BCUT2D eigenvalue weighted by atomic mass is 10.3. The molecule has 0 aromatic carbocycles. The Balaban J connectivity index is 3.56. The van der Waals surface area contributed by atoms with Crippen LogP contribution < -0.4 is 0 Å². The molecule has 0 saturated carbocycles. The van der Waals surface area contributed by atoms with Crippen molar-refractivity contribution in [1.29, 1.82) is 0 Å². The molecule has 61 valence electrons. The molecule has 0 amide bonds. The van der Waals surface area contributed by atoms with Crippen molar-refractivity contribution in [1.82, 2.24) is 0 Å². The van der Waals surface area contributed by atoms with E-state index in [2.05, 4.69) is 0 Å². The van der Waals surface area contributed by atoms with Crippen LogP contribution in [0.3, 0.4) is 0 Å². The van der Waals surface area contributed by atoms with E-state index in [9.17, 15) is 13.0 Å². The van der Waals surface area contributed by atoms with Crippen LogP contribution in [0.4, 0.5) is 0 Å². The molecule has 0 N–H and O–H groups in total. The van der Waals surface area contributed by atoms with Crippen LogP contribution in [0.15, 0.2) is 0 Å². The second-order valence-corrected chi connectivity index (χ2v) is 4.20. The molecule has 0 spiro atoms. The van der Waals surface area contributed by atoms with E-state index in [0.717, 1.165) is 0 Å². The molecule has 3 nitrogen and oxygen atoms in total. The first-order chi connectivity index (χ1) is 4.45. The minimum absolute atomic E-state index is 0.191. The zero-order valence-electron chi connectivity index (χ0n) is 5.71. The Morgan fingerprint density at radius 1 is 1.50 bits per heavy atom. The Morgan fingerprint density at radius 3 is 2.30 bits per heavy atom. The van der Waals surface area contributed by atoms with E-state index in [4.69, 9.17) is 11.6 Å². The number of alkyl halides is 1. The molecule has 0 saturated heterocycles. The fraction of sp³-hybridized carbons (Fsp3) is 1.00. The summed E-state index contributed by atoms with van der Waals surface area (Å²) in [6.07, 6.45) is 0.945. The van der Waals surface area contributed by atoms with Crippen LogP contribution in [0.2, 0.25) is 0 Å². The minimum Gasteiger partial charge on any atom is -0.197 e. The van der Waals surface area contributed by atoms with E-state index in [0.29, 0.717) is 6.42 Å². The van der Waals surface area contributed by atoms with Crippen molar-refractivity contribution in [3.8, 4) is 0 Å². The molecule has 10 heavy (non-hydrogen) atoms. The Morgan fingerprint density at radius 2 is 2.00 bits per heavy atom. The van der Waals surface area contributed by atoms with Crippen molar-refractivity contribution in [2.24, 2.45) is 0 Å². The van der Waals surface area contributed by atoms with Gasteiger partial charge in [-0.25, -0.2) is 0 Å². The second kappa shape index (κ2) is 4.16. The van der Waals surface area contributed by atoms with Crippen molar-refractivity contribution in [2.45, 2.75) is 25.1 Å². The SMILES string of the molecule is CCC(Cl)CCS([O])(=O)=O. The minimum atomic E-state index is -4.06. The molecule has 0 aliphatic carbocycles. The Labute approximate surface area is 66.1 Å². The molecule has 0 aromatic rings. The normalized spacial score (nSPS) is 15.1. The van der Waals surface area contributed by atoms with Crippen LogP contribution in [0.1, 0.15) is 19.8 Å². The lowest BCUT2D eigenvalue weighted by molar-refractivity contribution is 0.412. The number of hydrogen-bond donors (Lipinski definition) is 0. The monoisotopic (exact) mass is 185 g/mol. The molecule has 1 atom stereocenters. The van der Waals surface area contributed by atoms with Crippen LogP contribution >= 0.6 is 11.6 Å². The van der Waals surface area contributed by atoms with Crippen molar-refractivity contribution < 1.29 is 13.0 Å². The van der Waals surface area contributed by atoms with Gasteiger partial charge >= 0.3 is 0 Å². The highest BCUT2D eigenvalue weighted by atomic mass is 35.5. The summed E-state index contributed by atoms with van der Waals surface area (Å²) in [6.45, 7) is 1.84. The van der Waals surface area contributed by atoms with Gasteiger partial charge in [0.25, 0.3) is 10.1 Å². The lowest BCUT2D eigenvalue weighted by Crippen LogP contribution is -2.07. The summed E-state index contributed by atoms with van der Waals surface area (Å²) in [5.41, 5.74) is 0. The van der Waals surface area contributed by atoms with Crippen molar-refractivity contribution in [3.05, 3.63) is 0 Å². The molecule has 1 radical (unpaired) electrons. The van der Waals surface area contributed by atoms with E-state index in [1.807, 2.05) is 6.92 Å². The van der Waals surface area contributed by atoms with Crippen LogP contribution in [0, 0.1) is 0 Å². The molecule has 1 unspecified atom stereocenters. The molecule has 0 aromatic heterocycles. The van der Waals surface area contributed by atoms with Crippen molar-refractivity contribution >= 4 is 21.7 Å². The van der Waals surface area contributed by atoms with Crippen LogP contribution in [0.25, 0.3) is 0 Å². The van der Waals surface area contributed by atoms with Crippen molar-refractivity contribution in [2.75, 3.05) is 5.75 Å². The third-order valence-corrected chi connectivity index (χ3v) is 2.39. The second-order valence-electron chi connectivity index (χ2n) is 2.06. The van der Waals surface area contributed by atoms with Crippen LogP contribution in [-0.2, 0) is 14.7 Å². The van der Waals surface area contributed by atoms with Crippen LogP contribution in [0.5, 0.6) is 0 Å². The van der Waals surface area contributed by atoms with Gasteiger partial charge in [-0.1, -0.05) is 11.5 Å². The van der Waals surface area contributed by atoms with Gasteiger partial charge in [0.05, 0.1) is 5.75 Å². The molecule has 0 fully saturated rings. The maximum atomic E-state index is 10.0. The molecule has 0 aliphatic rings. The molecule has 0 rings (SSSR count). The maximum absolute atomic E-state index is 10.0. The van der Waals surface area contributed by atoms with E-state index >= 15 is 0 Å². The van der Waals surface area contributed by atoms with Gasteiger partial charge < -0.3 is 0 Å². The van der Waals surface area contributed by atoms with Gasteiger partial charge in [-0.3, -0.25) is 0 Å². The number of halogens is 1. The summed E-state index contributed by atoms with van der Waals surface area (Å²) in [5, 5.41) is -0.191. The number of hydrogen-bond acceptors (Lipinski definition) is 2. The van der Waals surface area contributed by atoms with E-state index < -0.39 is 10.1 Å². The highest BCUT2D eigenvalue weighted by Gasteiger charge is 2.09. The first-order valence-electron chi connectivity index (χ1n) is 3.03. The summed E-state index contributed by atoms with van der Waals surface area (Å²) in [7, 11) is -4.06. The van der Waals surface area contributed by atoms with Gasteiger partial charge in [0.15, 0.2) is 0 Å². The van der Waals surface area contributed by atoms with Crippen LogP contribution in [-0.4, -0.2) is 19.5 Å². The summed E-state index contributed by atoms with van der Waals surface area (Å²) < 4.78 is 30.1. The molecule has 0 heterocycles. The smallest absolute Gasteiger partial charge is 0.197 e. The topological polar surface area (TPSA) is 54.0 Å². The quantitative estimate of drug-likeness (QED) is 0.617. The van der Waals surface area contributed by atoms with Gasteiger partial charge in [0.1, 0.15) is 0 Å². The maximum Gasteiger partial charge on any atom is 0.294 e. The highest BCUT2D eigenvalue weighted by Crippen LogP contribution is 2.07. The molecular weight excluding hydrogens is 176 g/mol. The van der Waals surface area contributed by atoms with Gasteiger partial charge in [0.2, 0.25) is 0 Å². The summed E-state index contributed by atoms with van der Waals surface area (Å²) in [5.74, 6) is -0.352. The van der Waals surface area contributed by atoms with E-state index in [1.165, 1.54) is 0 Å². The zero-order chi connectivity index (χ0) is 8.20. The van der Waals surface area contributed by atoms with Gasteiger partial charge in [-0.2, -0.15) is 8.42 Å². The Kier molecular flexibility index (Phi) is 4.24. The molecule has 0 bridgehead atoms. The van der Waals surface area contributed by atoms with E-state index in [-0.39, 0.29) is 17.6 Å². The zero-order valence-corrected chi connectivity index (χ0v) is 7.28. The fourth-order valence-corrected chi connectivity index (χ4v) is 1.29. The molecular formula is C5H10ClO3S. The predicted molar refractivity (Wildman–Crippen MR) is 39.0 cm³/mol.